The first-order valence-corrected chi connectivity index (χ1v) is 7.64. The summed E-state index contributed by atoms with van der Waals surface area (Å²) >= 11 is 3.43. The summed E-state index contributed by atoms with van der Waals surface area (Å²) < 4.78 is 0.948. The highest BCUT2D eigenvalue weighted by molar-refractivity contribution is 9.10. The molecule has 0 saturated heterocycles. The van der Waals surface area contributed by atoms with E-state index in [4.69, 9.17) is 0 Å². The van der Waals surface area contributed by atoms with Gasteiger partial charge in [-0.05, 0) is 38.1 Å². The van der Waals surface area contributed by atoms with E-state index in [1.165, 1.54) is 0 Å². The van der Waals surface area contributed by atoms with E-state index in [0.29, 0.717) is 5.71 Å². The molecule has 2 aromatic carbocycles. The number of anilines is 1. The Bertz CT molecular complexity index is 737. The fraction of sp³-hybridized carbons (Fsp3) is 0.176. The molecule has 4 heteroatoms. The van der Waals surface area contributed by atoms with Crippen LogP contribution in [0.1, 0.15) is 19.4 Å². The number of rotatable bonds is 2. The smallest absolute Gasteiger partial charge is 0.277 e. The highest BCUT2D eigenvalue weighted by atomic mass is 79.9. The van der Waals surface area contributed by atoms with Gasteiger partial charge in [-0.1, -0.05) is 40.2 Å². The molecule has 0 fully saturated rings. The van der Waals surface area contributed by atoms with E-state index in [1.54, 1.807) is 4.90 Å². The lowest BCUT2D eigenvalue weighted by Crippen LogP contribution is -2.35. The molecule has 106 valence electrons. The second kappa shape index (κ2) is 5.45. The van der Waals surface area contributed by atoms with Gasteiger partial charge in [-0.25, -0.2) is 4.99 Å². The van der Waals surface area contributed by atoms with Gasteiger partial charge in [-0.15, -0.1) is 0 Å². The van der Waals surface area contributed by atoms with Crippen molar-refractivity contribution in [1.82, 2.24) is 0 Å². The van der Waals surface area contributed by atoms with Crippen LogP contribution in [0.5, 0.6) is 0 Å². The molecule has 3 nitrogen and oxygen atoms in total. The van der Waals surface area contributed by atoms with Crippen LogP contribution >= 0.6 is 15.9 Å². The van der Waals surface area contributed by atoms with Crippen LogP contribution in [0.15, 0.2) is 58.0 Å². The third-order valence-electron chi connectivity index (χ3n) is 3.41. The van der Waals surface area contributed by atoms with E-state index in [9.17, 15) is 4.79 Å². The molecular formula is C17H15BrN2O. The molecule has 0 N–H and O–H groups in total. The highest BCUT2D eigenvalue weighted by Crippen LogP contribution is 2.32. The average molecular weight is 343 g/mol. The molecule has 0 unspecified atom stereocenters. The van der Waals surface area contributed by atoms with Gasteiger partial charge in [0.2, 0.25) is 0 Å². The molecule has 0 aliphatic carbocycles. The van der Waals surface area contributed by atoms with Crippen LogP contribution in [-0.4, -0.2) is 17.7 Å². The molecule has 0 spiro atoms. The van der Waals surface area contributed by atoms with Crippen molar-refractivity contribution in [3.05, 3.63) is 58.6 Å². The Labute approximate surface area is 132 Å². The van der Waals surface area contributed by atoms with Crippen molar-refractivity contribution < 1.29 is 4.79 Å². The predicted octanol–water partition coefficient (Wildman–Crippen LogP) is 4.32. The summed E-state index contributed by atoms with van der Waals surface area (Å²) in [5.74, 6) is -0.0359. The number of hydrogen-bond acceptors (Lipinski definition) is 2. The molecule has 0 saturated carbocycles. The SMILES string of the molecule is CC(C)N1C(=O)C(=Nc2cccc(Br)c2)c2ccccc21. The van der Waals surface area contributed by atoms with Crippen molar-refractivity contribution in [2.75, 3.05) is 4.90 Å². The van der Waals surface area contributed by atoms with Crippen LogP contribution in [0.25, 0.3) is 0 Å². The van der Waals surface area contributed by atoms with Gasteiger partial charge in [0, 0.05) is 16.1 Å². The molecule has 1 aliphatic heterocycles. The zero-order valence-corrected chi connectivity index (χ0v) is 13.5. The fourth-order valence-corrected chi connectivity index (χ4v) is 2.91. The molecule has 1 amide bonds. The first kappa shape index (κ1) is 14.0. The van der Waals surface area contributed by atoms with Crippen molar-refractivity contribution in [3.63, 3.8) is 0 Å². The van der Waals surface area contributed by atoms with Gasteiger partial charge < -0.3 is 4.90 Å². The second-order valence-electron chi connectivity index (χ2n) is 5.23. The Morgan fingerprint density at radius 2 is 1.86 bits per heavy atom. The standard InChI is InChI=1S/C17H15BrN2O/c1-11(2)20-15-9-4-3-8-14(15)16(17(20)21)19-13-7-5-6-12(18)10-13/h3-11H,1-2H3. The molecule has 1 heterocycles. The Balaban J connectivity index is 2.13. The minimum Gasteiger partial charge on any atom is -0.304 e. The van der Waals surface area contributed by atoms with Crippen LogP contribution in [0.4, 0.5) is 11.4 Å². The minimum absolute atomic E-state index is 0.0359. The lowest BCUT2D eigenvalue weighted by Gasteiger charge is -2.20. The quantitative estimate of drug-likeness (QED) is 0.799. The Kier molecular flexibility index (Phi) is 3.64. The summed E-state index contributed by atoms with van der Waals surface area (Å²) in [6.45, 7) is 4.02. The lowest BCUT2D eigenvalue weighted by atomic mass is 10.1. The molecule has 0 bridgehead atoms. The van der Waals surface area contributed by atoms with Crippen LogP contribution in [0, 0.1) is 0 Å². The van der Waals surface area contributed by atoms with Gasteiger partial charge in [-0.3, -0.25) is 4.79 Å². The predicted molar refractivity (Wildman–Crippen MR) is 89.4 cm³/mol. The van der Waals surface area contributed by atoms with E-state index in [-0.39, 0.29) is 11.9 Å². The average Bonchev–Trinajstić information content (AvgIpc) is 2.72. The van der Waals surface area contributed by atoms with Crippen molar-refractivity contribution in [1.29, 1.82) is 0 Å². The molecule has 0 radical (unpaired) electrons. The van der Waals surface area contributed by atoms with E-state index >= 15 is 0 Å². The van der Waals surface area contributed by atoms with E-state index < -0.39 is 0 Å². The van der Waals surface area contributed by atoms with E-state index in [1.807, 2.05) is 62.4 Å². The van der Waals surface area contributed by atoms with Gasteiger partial charge in [0.05, 0.1) is 11.4 Å². The largest absolute Gasteiger partial charge is 0.304 e. The van der Waals surface area contributed by atoms with Crippen LogP contribution < -0.4 is 4.90 Å². The Hall–Kier alpha value is -1.94. The maximum Gasteiger partial charge on any atom is 0.277 e. The van der Waals surface area contributed by atoms with Gasteiger partial charge >= 0.3 is 0 Å². The highest BCUT2D eigenvalue weighted by Gasteiger charge is 2.35. The van der Waals surface area contributed by atoms with Crippen molar-refractivity contribution in [2.24, 2.45) is 4.99 Å². The third kappa shape index (κ3) is 2.51. The zero-order chi connectivity index (χ0) is 15.0. The number of para-hydroxylation sites is 1. The molecule has 1 aliphatic rings. The number of carbonyl (C=O) groups excluding carboxylic acids is 1. The fourth-order valence-electron chi connectivity index (χ4n) is 2.52. The summed E-state index contributed by atoms with van der Waals surface area (Å²) in [7, 11) is 0. The number of amides is 1. The molecule has 3 rings (SSSR count). The number of nitrogens with zero attached hydrogens (tertiary/aromatic N) is 2. The van der Waals surface area contributed by atoms with Crippen molar-refractivity contribution in [3.8, 4) is 0 Å². The molecule has 21 heavy (non-hydrogen) atoms. The van der Waals surface area contributed by atoms with E-state index in [2.05, 4.69) is 20.9 Å². The number of fused-ring (bicyclic) bond motifs is 1. The first-order valence-electron chi connectivity index (χ1n) is 6.85. The van der Waals surface area contributed by atoms with Gasteiger partial charge in [0.25, 0.3) is 5.91 Å². The topological polar surface area (TPSA) is 32.7 Å². The summed E-state index contributed by atoms with van der Waals surface area (Å²) in [4.78, 5) is 19.0. The van der Waals surface area contributed by atoms with Gasteiger partial charge in [-0.2, -0.15) is 0 Å². The van der Waals surface area contributed by atoms with E-state index in [0.717, 1.165) is 21.4 Å². The number of benzene rings is 2. The maximum absolute atomic E-state index is 12.7. The molecule has 2 aromatic rings. The minimum atomic E-state index is -0.0359. The molecule has 0 atom stereocenters. The normalized spacial score (nSPS) is 15.9. The number of aliphatic imine (C=N–C) groups is 1. The summed E-state index contributed by atoms with van der Waals surface area (Å²) in [6, 6.07) is 15.6. The van der Waals surface area contributed by atoms with Crippen LogP contribution in [0.3, 0.4) is 0 Å². The van der Waals surface area contributed by atoms with Gasteiger partial charge in [0.15, 0.2) is 0 Å². The van der Waals surface area contributed by atoms with Crippen LogP contribution in [-0.2, 0) is 4.79 Å². The third-order valence-corrected chi connectivity index (χ3v) is 3.90. The van der Waals surface area contributed by atoms with Gasteiger partial charge in [0.1, 0.15) is 5.71 Å². The number of carbonyl (C=O) groups is 1. The first-order chi connectivity index (χ1) is 10.1. The summed E-state index contributed by atoms with van der Waals surface area (Å²) in [5.41, 5.74) is 3.12. The van der Waals surface area contributed by atoms with Crippen molar-refractivity contribution in [2.45, 2.75) is 19.9 Å². The van der Waals surface area contributed by atoms with Crippen molar-refractivity contribution >= 4 is 38.9 Å². The van der Waals surface area contributed by atoms with Crippen LogP contribution in [0.2, 0.25) is 0 Å². The zero-order valence-electron chi connectivity index (χ0n) is 11.9. The lowest BCUT2D eigenvalue weighted by molar-refractivity contribution is -0.112. The maximum atomic E-state index is 12.7. The molecular weight excluding hydrogens is 328 g/mol. The molecule has 0 aromatic heterocycles. The number of hydrogen-bond donors (Lipinski definition) is 0. The summed E-state index contributed by atoms with van der Waals surface area (Å²) in [6.07, 6.45) is 0. The second-order valence-corrected chi connectivity index (χ2v) is 6.14. The Morgan fingerprint density at radius 1 is 1.10 bits per heavy atom. The number of halogens is 1. The summed E-state index contributed by atoms with van der Waals surface area (Å²) in [5, 5.41) is 0. The monoisotopic (exact) mass is 342 g/mol. The Morgan fingerprint density at radius 3 is 2.57 bits per heavy atom.